The number of hydrogen-bond acceptors (Lipinski definition) is 6. The van der Waals surface area contributed by atoms with Crippen molar-refractivity contribution in [1.82, 2.24) is 15.0 Å². The minimum Gasteiger partial charge on any atom is -0.364 e. The van der Waals surface area contributed by atoms with Crippen LogP contribution in [0.1, 0.15) is 36.7 Å². The molecule has 1 aromatic rings. The topological polar surface area (TPSA) is 105 Å². The molecule has 2 aliphatic rings. The number of amides is 2. The Morgan fingerprint density at radius 1 is 1.24 bits per heavy atom. The van der Waals surface area contributed by atoms with E-state index in [9.17, 15) is 9.59 Å². The van der Waals surface area contributed by atoms with Crippen LogP contribution in [0, 0.1) is 5.92 Å². The molecule has 0 aliphatic carbocycles. The van der Waals surface area contributed by atoms with Crippen molar-refractivity contribution in [3.8, 4) is 0 Å². The Kier molecular flexibility index (Phi) is 6.54. The largest absolute Gasteiger partial charge is 0.364 e. The molecule has 0 unspecified atom stereocenters. The highest BCUT2D eigenvalue weighted by Gasteiger charge is 2.34. The minimum absolute atomic E-state index is 0.0287. The van der Waals surface area contributed by atoms with E-state index in [2.05, 4.69) is 21.6 Å². The summed E-state index contributed by atoms with van der Waals surface area (Å²) in [5.41, 5.74) is 6.28. The van der Waals surface area contributed by atoms with E-state index >= 15 is 0 Å². The van der Waals surface area contributed by atoms with Gasteiger partial charge in [-0.25, -0.2) is 9.99 Å². The average molecular weight is 394 g/mol. The Labute approximate surface area is 170 Å². The Balaban J connectivity index is 1.61. The molecule has 2 aliphatic heterocycles. The number of nitrogens with zero attached hydrogens (tertiary/aromatic N) is 5. The first-order chi connectivity index (χ1) is 14.0. The first kappa shape index (κ1) is 20.4. The summed E-state index contributed by atoms with van der Waals surface area (Å²) in [5.74, 6) is -0.0811. The van der Waals surface area contributed by atoms with Gasteiger partial charge in [0, 0.05) is 31.6 Å². The summed E-state index contributed by atoms with van der Waals surface area (Å²) in [4.78, 5) is 34.7. The van der Waals surface area contributed by atoms with Gasteiger partial charge in [-0.05, 0) is 25.3 Å². The number of nitrogens with two attached hydrogens (primary N) is 1. The molecule has 0 radical (unpaired) electrons. The third kappa shape index (κ3) is 4.77. The predicted octanol–water partition coefficient (Wildman–Crippen LogP) is 2.07. The van der Waals surface area contributed by atoms with Crippen LogP contribution >= 0.6 is 0 Å². The number of piperidine rings is 1. The maximum Gasteiger partial charge on any atom is 0.268 e. The summed E-state index contributed by atoms with van der Waals surface area (Å²) in [6.45, 7) is 7.35. The minimum atomic E-state index is -0.606. The van der Waals surface area contributed by atoms with Crippen molar-refractivity contribution in [1.29, 1.82) is 0 Å². The Morgan fingerprint density at radius 3 is 2.69 bits per heavy atom. The van der Waals surface area contributed by atoms with Crippen molar-refractivity contribution < 1.29 is 9.59 Å². The van der Waals surface area contributed by atoms with Gasteiger partial charge in [0.1, 0.15) is 11.5 Å². The Hall–Kier alpha value is -3.29. The van der Waals surface area contributed by atoms with Crippen molar-refractivity contribution in [2.45, 2.75) is 32.2 Å². The van der Waals surface area contributed by atoms with Crippen LogP contribution in [0.5, 0.6) is 0 Å². The zero-order valence-corrected chi connectivity index (χ0v) is 16.6. The summed E-state index contributed by atoms with van der Waals surface area (Å²) in [7, 11) is 0. The number of hydrogen-bond donors (Lipinski definition) is 1. The zero-order valence-electron chi connectivity index (χ0n) is 16.6. The maximum absolute atomic E-state index is 13.1. The second-order valence-corrected chi connectivity index (χ2v) is 7.08. The van der Waals surface area contributed by atoms with Gasteiger partial charge in [-0.3, -0.25) is 14.6 Å². The molecule has 0 spiro atoms. The SMILES string of the molecule is C=C(/C=C\C=C/C)[C@@H]1CC=NN1C(=O)C1CCN(c2cncc(C(N)=O)n2)CC1. The van der Waals surface area contributed by atoms with Gasteiger partial charge in [0.25, 0.3) is 5.91 Å². The van der Waals surface area contributed by atoms with Crippen LogP contribution in [0.3, 0.4) is 0 Å². The van der Waals surface area contributed by atoms with E-state index in [1.165, 1.54) is 6.20 Å². The van der Waals surface area contributed by atoms with E-state index in [0.29, 0.717) is 38.2 Å². The van der Waals surface area contributed by atoms with Crippen LogP contribution in [0.15, 0.2) is 54.0 Å². The number of primary amides is 1. The zero-order chi connectivity index (χ0) is 20.8. The highest BCUT2D eigenvalue weighted by Crippen LogP contribution is 2.27. The van der Waals surface area contributed by atoms with E-state index in [4.69, 9.17) is 5.73 Å². The fourth-order valence-corrected chi connectivity index (χ4v) is 3.50. The molecule has 152 valence electrons. The molecule has 1 saturated heterocycles. The van der Waals surface area contributed by atoms with E-state index in [1.54, 1.807) is 17.4 Å². The lowest BCUT2D eigenvalue weighted by atomic mass is 9.94. The van der Waals surface area contributed by atoms with Gasteiger partial charge in [0.2, 0.25) is 5.91 Å². The average Bonchev–Trinajstić information content (AvgIpc) is 3.23. The number of aromatic nitrogens is 2. The van der Waals surface area contributed by atoms with Crippen LogP contribution in [0.4, 0.5) is 5.82 Å². The van der Waals surface area contributed by atoms with Crippen molar-refractivity contribution >= 4 is 23.8 Å². The highest BCUT2D eigenvalue weighted by atomic mass is 16.2. The molecule has 3 rings (SSSR count). The summed E-state index contributed by atoms with van der Waals surface area (Å²) in [6.07, 6.45) is 14.5. The number of rotatable bonds is 6. The first-order valence-electron chi connectivity index (χ1n) is 9.71. The fourth-order valence-electron chi connectivity index (χ4n) is 3.50. The van der Waals surface area contributed by atoms with Gasteiger partial charge in [-0.1, -0.05) is 30.9 Å². The quantitative estimate of drug-likeness (QED) is 0.744. The molecule has 1 fully saturated rings. The monoisotopic (exact) mass is 394 g/mol. The lowest BCUT2D eigenvalue weighted by Gasteiger charge is -2.34. The van der Waals surface area contributed by atoms with E-state index in [1.807, 2.05) is 36.1 Å². The summed E-state index contributed by atoms with van der Waals surface area (Å²) in [5, 5.41) is 5.89. The number of carbonyl (C=O) groups excluding carboxylic acids is 2. The lowest BCUT2D eigenvalue weighted by Crippen LogP contribution is -2.43. The predicted molar refractivity (Wildman–Crippen MR) is 112 cm³/mol. The molecular weight excluding hydrogens is 368 g/mol. The standard InChI is InChI=1S/C21H26N6O2/c1-3-4-5-6-15(2)18-7-10-24-27(18)21(29)16-8-11-26(12-9-16)19-14-23-13-17(25-19)20(22)28/h3-6,10,13-14,16,18H,2,7-9,11-12H2,1H3,(H2,22,28)/b4-3-,6-5-/t18-/m0/s1. The molecule has 0 saturated carbocycles. The van der Waals surface area contributed by atoms with Gasteiger partial charge in [0.05, 0.1) is 18.4 Å². The second-order valence-electron chi connectivity index (χ2n) is 7.08. The van der Waals surface area contributed by atoms with Crippen LogP contribution in [-0.4, -0.2) is 52.1 Å². The van der Waals surface area contributed by atoms with Gasteiger partial charge >= 0.3 is 0 Å². The van der Waals surface area contributed by atoms with Gasteiger partial charge < -0.3 is 10.6 Å². The number of carbonyl (C=O) groups is 2. The number of hydrazone groups is 1. The lowest BCUT2D eigenvalue weighted by molar-refractivity contribution is -0.137. The van der Waals surface area contributed by atoms with E-state index < -0.39 is 5.91 Å². The van der Waals surface area contributed by atoms with E-state index in [-0.39, 0.29) is 23.6 Å². The molecule has 0 aromatic carbocycles. The third-order valence-electron chi connectivity index (χ3n) is 5.14. The third-order valence-corrected chi connectivity index (χ3v) is 5.14. The van der Waals surface area contributed by atoms with Crippen LogP contribution < -0.4 is 10.6 Å². The van der Waals surface area contributed by atoms with Crippen molar-refractivity contribution in [2.75, 3.05) is 18.0 Å². The second kappa shape index (κ2) is 9.27. The molecule has 1 aromatic heterocycles. The fraction of sp³-hybridized carbons (Fsp3) is 0.381. The van der Waals surface area contributed by atoms with Crippen LogP contribution in [0.25, 0.3) is 0 Å². The van der Waals surface area contributed by atoms with Gasteiger partial charge in [-0.2, -0.15) is 5.10 Å². The van der Waals surface area contributed by atoms with Crippen LogP contribution in [0.2, 0.25) is 0 Å². The van der Waals surface area contributed by atoms with Crippen molar-refractivity contribution in [3.05, 3.63) is 54.5 Å². The summed E-state index contributed by atoms with van der Waals surface area (Å²) < 4.78 is 0. The molecule has 0 bridgehead atoms. The molecule has 3 heterocycles. The molecule has 1 atom stereocenters. The number of allylic oxidation sites excluding steroid dienone is 3. The Bertz CT molecular complexity index is 868. The smallest absolute Gasteiger partial charge is 0.268 e. The molecule has 8 heteroatoms. The van der Waals surface area contributed by atoms with Crippen LogP contribution in [-0.2, 0) is 4.79 Å². The molecule has 29 heavy (non-hydrogen) atoms. The Morgan fingerprint density at radius 2 is 2.00 bits per heavy atom. The number of anilines is 1. The van der Waals surface area contributed by atoms with Gasteiger partial charge in [0.15, 0.2) is 0 Å². The van der Waals surface area contributed by atoms with Crippen molar-refractivity contribution in [2.24, 2.45) is 16.8 Å². The maximum atomic E-state index is 13.1. The van der Waals surface area contributed by atoms with Gasteiger partial charge in [-0.15, -0.1) is 0 Å². The highest BCUT2D eigenvalue weighted by molar-refractivity contribution is 5.90. The molecule has 8 nitrogen and oxygen atoms in total. The normalized spacial score (nSPS) is 20.1. The summed E-state index contributed by atoms with van der Waals surface area (Å²) >= 11 is 0. The first-order valence-corrected chi connectivity index (χ1v) is 9.71. The van der Waals surface area contributed by atoms with Crippen molar-refractivity contribution in [3.63, 3.8) is 0 Å². The van der Waals surface area contributed by atoms with E-state index in [0.717, 1.165) is 5.57 Å². The molecule has 2 N–H and O–H groups in total. The summed E-state index contributed by atoms with van der Waals surface area (Å²) in [6, 6.07) is -0.125. The molecule has 2 amide bonds. The molecular formula is C21H26N6O2.